The summed E-state index contributed by atoms with van der Waals surface area (Å²) in [6.07, 6.45) is 1.30. The first-order valence-corrected chi connectivity index (χ1v) is 5.16. The lowest BCUT2D eigenvalue weighted by molar-refractivity contribution is -0.0328. The molecular weight excluding hydrogens is 295 g/mol. The van der Waals surface area contributed by atoms with E-state index < -0.39 is 5.51 Å². The lowest BCUT2D eigenvalue weighted by atomic mass is 10.3. The summed E-state index contributed by atoms with van der Waals surface area (Å²) in [6, 6.07) is 3.86. The summed E-state index contributed by atoms with van der Waals surface area (Å²) in [5.74, 6) is 0. The first kappa shape index (κ1) is 12.3. The van der Waals surface area contributed by atoms with E-state index in [1.54, 1.807) is 0 Å². The molecule has 0 spiro atoms. The second kappa shape index (κ2) is 4.83. The Morgan fingerprint density at radius 3 is 2.53 bits per heavy atom. The van der Waals surface area contributed by atoms with Gasteiger partial charge in [-0.1, -0.05) is 0 Å². The number of hydrogen-bond acceptors (Lipinski definition) is 3. The van der Waals surface area contributed by atoms with E-state index in [1.165, 1.54) is 24.3 Å². The van der Waals surface area contributed by atoms with Gasteiger partial charge in [0.15, 0.2) is 0 Å². The summed E-state index contributed by atoms with van der Waals surface area (Å²) < 4.78 is 36.3. The number of benzene rings is 1. The summed E-state index contributed by atoms with van der Waals surface area (Å²) in [5, 5.41) is 0. The maximum atomic E-state index is 12.0. The van der Waals surface area contributed by atoms with Crippen molar-refractivity contribution in [2.24, 2.45) is 4.99 Å². The lowest BCUT2D eigenvalue weighted by Gasteiger charge is -2.07. The Hall–Kier alpha value is -0.780. The zero-order chi connectivity index (χ0) is 11.5. The fourth-order valence-electron chi connectivity index (χ4n) is 0.819. The van der Waals surface area contributed by atoms with E-state index in [9.17, 15) is 18.0 Å². The van der Waals surface area contributed by atoms with Crippen LogP contribution in [0.2, 0.25) is 0 Å². The molecule has 0 amide bonds. The van der Waals surface area contributed by atoms with Gasteiger partial charge < -0.3 is 0 Å². The zero-order valence-electron chi connectivity index (χ0n) is 7.01. The maximum Gasteiger partial charge on any atom is 0.446 e. The van der Waals surface area contributed by atoms with Crippen LogP contribution in [-0.2, 0) is 4.79 Å². The third-order valence-corrected chi connectivity index (χ3v) is 3.04. The van der Waals surface area contributed by atoms with E-state index in [-0.39, 0.29) is 26.8 Å². The monoisotopic (exact) mass is 297 g/mol. The molecule has 0 heterocycles. The van der Waals surface area contributed by atoms with Gasteiger partial charge in [0.1, 0.15) is 0 Å². The second-order valence-electron chi connectivity index (χ2n) is 2.37. The first-order chi connectivity index (χ1) is 6.92. The van der Waals surface area contributed by atoms with Crippen molar-refractivity contribution in [1.82, 2.24) is 0 Å². The molecule has 15 heavy (non-hydrogen) atoms. The van der Waals surface area contributed by atoms with Crippen molar-refractivity contribution in [3.63, 3.8) is 0 Å². The van der Waals surface area contributed by atoms with Crippen molar-refractivity contribution in [1.29, 1.82) is 0 Å². The first-order valence-electron chi connectivity index (χ1n) is 3.55. The summed E-state index contributed by atoms with van der Waals surface area (Å²) in [6.45, 7) is 0. The average molecular weight is 298 g/mol. The average Bonchev–Trinajstić information content (AvgIpc) is 2.08. The molecule has 0 aliphatic rings. The Morgan fingerprint density at radius 1 is 1.40 bits per heavy atom. The molecule has 7 heteroatoms. The molecule has 0 bridgehead atoms. The van der Waals surface area contributed by atoms with Gasteiger partial charge in [0.25, 0.3) is 0 Å². The molecule has 1 aromatic rings. The van der Waals surface area contributed by atoms with Crippen molar-refractivity contribution in [3.8, 4) is 0 Å². The molecule has 1 aromatic carbocycles. The van der Waals surface area contributed by atoms with Crippen LogP contribution in [0.5, 0.6) is 0 Å². The Bertz CT molecular complexity index is 415. The van der Waals surface area contributed by atoms with Crippen LogP contribution in [0.4, 0.5) is 18.9 Å². The number of alkyl halides is 3. The van der Waals surface area contributed by atoms with E-state index >= 15 is 0 Å². The standard InChI is InChI=1S/C8H3BrF3NOS/c9-6-3-5(13-4-14)1-2-7(6)15-8(10,11)12/h1-3H. The minimum Gasteiger partial charge on any atom is -0.211 e. The van der Waals surface area contributed by atoms with Crippen molar-refractivity contribution < 1.29 is 18.0 Å². The molecule has 0 radical (unpaired) electrons. The van der Waals surface area contributed by atoms with E-state index in [2.05, 4.69) is 20.9 Å². The topological polar surface area (TPSA) is 29.4 Å². The number of isocyanates is 1. The highest BCUT2D eigenvalue weighted by atomic mass is 79.9. The molecule has 0 saturated heterocycles. The van der Waals surface area contributed by atoms with Crippen molar-refractivity contribution in [3.05, 3.63) is 22.7 Å². The third-order valence-electron chi connectivity index (χ3n) is 1.32. The molecule has 2 nitrogen and oxygen atoms in total. The molecule has 0 aliphatic carbocycles. The second-order valence-corrected chi connectivity index (χ2v) is 4.33. The number of aliphatic imine (C=N–C) groups is 1. The summed E-state index contributed by atoms with van der Waals surface area (Å²) in [4.78, 5) is 13.2. The number of nitrogens with zero attached hydrogens (tertiary/aromatic N) is 1. The lowest BCUT2D eigenvalue weighted by Crippen LogP contribution is -1.99. The van der Waals surface area contributed by atoms with Crippen LogP contribution in [0.25, 0.3) is 0 Å². The number of hydrogen-bond donors (Lipinski definition) is 0. The minimum atomic E-state index is -4.34. The van der Waals surface area contributed by atoms with Gasteiger partial charge in [-0.15, -0.1) is 0 Å². The van der Waals surface area contributed by atoms with Crippen LogP contribution in [0.15, 0.2) is 32.6 Å². The maximum absolute atomic E-state index is 12.0. The Morgan fingerprint density at radius 2 is 2.07 bits per heavy atom. The van der Waals surface area contributed by atoms with Gasteiger partial charge in [0, 0.05) is 9.37 Å². The molecule has 1 rings (SSSR count). The van der Waals surface area contributed by atoms with Crippen LogP contribution in [0.1, 0.15) is 0 Å². The fourth-order valence-corrected chi connectivity index (χ4v) is 1.97. The van der Waals surface area contributed by atoms with Crippen molar-refractivity contribution in [2.75, 3.05) is 0 Å². The quantitative estimate of drug-likeness (QED) is 0.468. The SMILES string of the molecule is O=C=Nc1ccc(SC(F)(F)F)c(Br)c1. The summed E-state index contributed by atoms with van der Waals surface area (Å²) in [7, 11) is 0. The molecule has 0 N–H and O–H groups in total. The van der Waals surface area contributed by atoms with E-state index in [4.69, 9.17) is 0 Å². The Balaban J connectivity index is 2.98. The molecule has 0 aliphatic heterocycles. The highest BCUT2D eigenvalue weighted by molar-refractivity contribution is 9.10. The van der Waals surface area contributed by atoms with Crippen LogP contribution >= 0.6 is 27.7 Å². The number of thioether (sulfide) groups is 1. The predicted octanol–water partition coefficient (Wildman–Crippen LogP) is 4.03. The molecule has 0 aromatic heterocycles. The van der Waals surface area contributed by atoms with Crippen LogP contribution in [0, 0.1) is 0 Å². The molecular formula is C8H3BrF3NOS. The molecule has 0 atom stereocenters. The van der Waals surface area contributed by atoms with Crippen LogP contribution < -0.4 is 0 Å². The number of rotatable bonds is 2. The third kappa shape index (κ3) is 4.07. The van der Waals surface area contributed by atoms with Crippen LogP contribution in [0.3, 0.4) is 0 Å². The zero-order valence-corrected chi connectivity index (χ0v) is 9.41. The van der Waals surface area contributed by atoms with Gasteiger partial charge in [0.2, 0.25) is 6.08 Å². The molecule has 0 unspecified atom stereocenters. The molecule has 0 saturated carbocycles. The predicted molar refractivity (Wildman–Crippen MR) is 53.8 cm³/mol. The van der Waals surface area contributed by atoms with Gasteiger partial charge in [0.05, 0.1) is 5.69 Å². The van der Waals surface area contributed by atoms with Gasteiger partial charge in [-0.3, -0.25) is 0 Å². The van der Waals surface area contributed by atoms with E-state index in [0.717, 1.165) is 0 Å². The number of carbonyl (C=O) groups excluding carboxylic acids is 1. The normalized spacial score (nSPS) is 10.9. The van der Waals surface area contributed by atoms with E-state index in [1.807, 2.05) is 0 Å². The fraction of sp³-hybridized carbons (Fsp3) is 0.125. The largest absolute Gasteiger partial charge is 0.446 e. The minimum absolute atomic E-state index is 0.0207. The number of halogens is 4. The summed E-state index contributed by atoms with van der Waals surface area (Å²) >= 11 is 2.73. The summed E-state index contributed by atoms with van der Waals surface area (Å²) in [5.41, 5.74) is -4.08. The van der Waals surface area contributed by atoms with Gasteiger partial charge >= 0.3 is 5.51 Å². The van der Waals surface area contributed by atoms with E-state index in [0.29, 0.717) is 0 Å². The smallest absolute Gasteiger partial charge is 0.211 e. The highest BCUT2D eigenvalue weighted by Gasteiger charge is 2.30. The molecule has 80 valence electrons. The Kier molecular flexibility index (Phi) is 3.96. The van der Waals surface area contributed by atoms with Crippen LogP contribution in [-0.4, -0.2) is 11.6 Å². The van der Waals surface area contributed by atoms with Gasteiger partial charge in [-0.25, -0.2) is 4.79 Å². The Labute approximate surface area is 95.7 Å². The van der Waals surface area contributed by atoms with Gasteiger partial charge in [-0.05, 0) is 45.9 Å². The van der Waals surface area contributed by atoms with Crippen molar-refractivity contribution in [2.45, 2.75) is 10.4 Å². The molecule has 0 fully saturated rings. The van der Waals surface area contributed by atoms with Crippen molar-refractivity contribution >= 4 is 39.5 Å². The highest BCUT2D eigenvalue weighted by Crippen LogP contribution is 2.41. The van der Waals surface area contributed by atoms with Gasteiger partial charge in [-0.2, -0.15) is 18.2 Å².